The maximum absolute atomic E-state index is 13.0. The van der Waals surface area contributed by atoms with Crippen LogP contribution in [0.25, 0.3) is 0 Å². The van der Waals surface area contributed by atoms with Crippen LogP contribution >= 0.6 is 0 Å². The zero-order valence-electron chi connectivity index (χ0n) is 17.0. The summed E-state index contributed by atoms with van der Waals surface area (Å²) in [7, 11) is -2.05. The Morgan fingerprint density at radius 2 is 1.87 bits per heavy atom. The first-order chi connectivity index (χ1) is 14.5. The molecule has 2 aliphatic heterocycles. The van der Waals surface area contributed by atoms with Crippen molar-refractivity contribution in [1.82, 2.24) is 4.31 Å². The number of sulfonamides is 1. The zero-order chi connectivity index (χ0) is 21.1. The van der Waals surface area contributed by atoms with E-state index in [1.54, 1.807) is 25.3 Å². The minimum Gasteiger partial charge on any atom is -0.496 e. The molecule has 1 saturated heterocycles. The molecular formula is C22H26N2O5S. The van der Waals surface area contributed by atoms with Crippen molar-refractivity contribution < 1.29 is 22.7 Å². The van der Waals surface area contributed by atoms with Crippen molar-refractivity contribution in [1.29, 1.82) is 0 Å². The van der Waals surface area contributed by atoms with Crippen LogP contribution in [-0.4, -0.2) is 58.6 Å². The van der Waals surface area contributed by atoms with Crippen molar-refractivity contribution in [2.24, 2.45) is 0 Å². The third-order valence-corrected chi connectivity index (χ3v) is 7.55. The van der Waals surface area contributed by atoms with Gasteiger partial charge in [-0.1, -0.05) is 18.2 Å². The number of carbonyl (C=O) groups excluding carboxylic acids is 1. The molecule has 2 heterocycles. The first-order valence-corrected chi connectivity index (χ1v) is 11.6. The van der Waals surface area contributed by atoms with Gasteiger partial charge in [-0.2, -0.15) is 4.31 Å². The Bertz CT molecular complexity index is 1030. The average Bonchev–Trinajstić information content (AvgIpc) is 3.22. The fraction of sp³-hybridized carbons (Fsp3) is 0.409. The number of anilines is 1. The standard InChI is InChI=1S/C22H26N2O5S/c1-28-21-8-7-19(30(26,27)23-12-14-29-15-13-23)16-18(21)6-9-22(25)24-11-10-17-4-2-3-5-20(17)24/h2-5,7-8,16H,6,9-15H2,1H3. The van der Waals surface area contributed by atoms with Gasteiger partial charge in [0.1, 0.15) is 5.75 Å². The molecule has 0 saturated carbocycles. The fourth-order valence-corrected chi connectivity index (χ4v) is 5.48. The van der Waals surface area contributed by atoms with E-state index in [4.69, 9.17) is 9.47 Å². The summed E-state index contributed by atoms with van der Waals surface area (Å²) >= 11 is 0. The lowest BCUT2D eigenvalue weighted by Gasteiger charge is -2.26. The predicted molar refractivity (Wildman–Crippen MR) is 113 cm³/mol. The highest BCUT2D eigenvalue weighted by molar-refractivity contribution is 7.89. The monoisotopic (exact) mass is 430 g/mol. The van der Waals surface area contributed by atoms with Crippen LogP contribution < -0.4 is 9.64 Å². The minimum atomic E-state index is -3.60. The normalized spacial score (nSPS) is 17.0. The predicted octanol–water partition coefficient (Wildman–Crippen LogP) is 2.24. The average molecular weight is 431 g/mol. The topological polar surface area (TPSA) is 76.1 Å². The number of ether oxygens (including phenoxy) is 2. The molecule has 1 fully saturated rings. The highest BCUT2D eigenvalue weighted by Gasteiger charge is 2.28. The molecule has 7 nitrogen and oxygen atoms in total. The smallest absolute Gasteiger partial charge is 0.243 e. The van der Waals surface area contributed by atoms with Gasteiger partial charge in [-0.05, 0) is 48.2 Å². The van der Waals surface area contributed by atoms with E-state index in [-0.39, 0.29) is 17.2 Å². The van der Waals surface area contributed by atoms with Gasteiger partial charge in [-0.3, -0.25) is 4.79 Å². The lowest BCUT2D eigenvalue weighted by Crippen LogP contribution is -2.40. The number of aryl methyl sites for hydroxylation is 1. The number of carbonyl (C=O) groups is 1. The van der Waals surface area contributed by atoms with Crippen LogP contribution in [0.5, 0.6) is 5.75 Å². The summed E-state index contributed by atoms with van der Waals surface area (Å²) in [5.74, 6) is 0.619. The van der Waals surface area contributed by atoms with E-state index in [9.17, 15) is 13.2 Å². The van der Waals surface area contributed by atoms with Crippen LogP contribution in [0.1, 0.15) is 17.5 Å². The third-order valence-electron chi connectivity index (χ3n) is 5.66. The quantitative estimate of drug-likeness (QED) is 0.703. The molecular weight excluding hydrogens is 404 g/mol. The summed E-state index contributed by atoms with van der Waals surface area (Å²) in [5, 5.41) is 0. The van der Waals surface area contributed by atoms with Crippen molar-refractivity contribution in [3.63, 3.8) is 0 Å². The molecule has 0 unspecified atom stereocenters. The zero-order valence-corrected chi connectivity index (χ0v) is 17.9. The molecule has 1 amide bonds. The number of fused-ring (bicyclic) bond motifs is 1. The first-order valence-electron chi connectivity index (χ1n) is 10.1. The van der Waals surface area contributed by atoms with Gasteiger partial charge in [-0.15, -0.1) is 0 Å². The summed E-state index contributed by atoms with van der Waals surface area (Å²) in [5.41, 5.74) is 2.87. The Kier molecular flexibility index (Phi) is 6.08. The third kappa shape index (κ3) is 4.08. The van der Waals surface area contributed by atoms with Crippen molar-refractivity contribution in [2.75, 3.05) is 44.9 Å². The lowest BCUT2D eigenvalue weighted by molar-refractivity contribution is -0.118. The number of benzene rings is 2. The molecule has 2 aromatic rings. The van der Waals surface area contributed by atoms with Gasteiger partial charge in [0.25, 0.3) is 0 Å². The Labute approximate surface area is 177 Å². The van der Waals surface area contributed by atoms with Gasteiger partial charge in [0, 0.05) is 31.7 Å². The molecule has 0 atom stereocenters. The number of hydrogen-bond donors (Lipinski definition) is 0. The second-order valence-electron chi connectivity index (χ2n) is 7.41. The number of para-hydroxylation sites is 1. The molecule has 160 valence electrons. The minimum absolute atomic E-state index is 0.0310. The summed E-state index contributed by atoms with van der Waals surface area (Å²) in [6.07, 6.45) is 1.55. The molecule has 0 bridgehead atoms. The summed E-state index contributed by atoms with van der Waals surface area (Å²) in [4.78, 5) is 14.9. The number of hydrogen-bond acceptors (Lipinski definition) is 5. The highest BCUT2D eigenvalue weighted by atomic mass is 32.2. The maximum Gasteiger partial charge on any atom is 0.243 e. The number of morpholine rings is 1. The SMILES string of the molecule is COc1ccc(S(=O)(=O)N2CCOCC2)cc1CCC(=O)N1CCc2ccccc21. The van der Waals surface area contributed by atoms with E-state index in [1.165, 1.54) is 9.87 Å². The summed E-state index contributed by atoms with van der Waals surface area (Å²) in [6, 6.07) is 12.8. The first kappa shape index (κ1) is 20.8. The molecule has 0 aliphatic carbocycles. The Balaban J connectivity index is 1.51. The molecule has 0 spiro atoms. The Morgan fingerprint density at radius 3 is 2.63 bits per heavy atom. The van der Waals surface area contributed by atoms with Gasteiger partial charge in [0.2, 0.25) is 15.9 Å². The van der Waals surface area contributed by atoms with E-state index < -0.39 is 10.0 Å². The van der Waals surface area contributed by atoms with Gasteiger partial charge < -0.3 is 14.4 Å². The lowest BCUT2D eigenvalue weighted by atomic mass is 10.1. The van der Waals surface area contributed by atoms with Crippen molar-refractivity contribution in [2.45, 2.75) is 24.2 Å². The van der Waals surface area contributed by atoms with Crippen LogP contribution in [0.15, 0.2) is 47.4 Å². The van der Waals surface area contributed by atoms with E-state index in [0.717, 1.165) is 12.1 Å². The molecule has 30 heavy (non-hydrogen) atoms. The number of methoxy groups -OCH3 is 1. The number of nitrogens with zero attached hydrogens (tertiary/aromatic N) is 2. The molecule has 0 aromatic heterocycles. The van der Waals surface area contributed by atoms with Crippen molar-refractivity contribution in [3.05, 3.63) is 53.6 Å². The largest absolute Gasteiger partial charge is 0.496 e. The fourth-order valence-electron chi connectivity index (χ4n) is 4.02. The van der Waals surface area contributed by atoms with Gasteiger partial charge in [0.05, 0.1) is 25.2 Å². The van der Waals surface area contributed by atoms with Crippen LogP contribution in [0, 0.1) is 0 Å². The van der Waals surface area contributed by atoms with Crippen molar-refractivity contribution in [3.8, 4) is 5.75 Å². The summed E-state index contributed by atoms with van der Waals surface area (Å²) < 4.78 is 38.1. The molecule has 2 aromatic carbocycles. The van der Waals surface area contributed by atoms with Gasteiger partial charge >= 0.3 is 0 Å². The van der Waals surface area contributed by atoms with Crippen LogP contribution in [-0.2, 0) is 32.4 Å². The van der Waals surface area contributed by atoms with E-state index in [1.807, 2.05) is 29.2 Å². The second kappa shape index (κ2) is 8.75. The summed E-state index contributed by atoms with van der Waals surface area (Å²) in [6.45, 7) is 2.16. The van der Waals surface area contributed by atoms with E-state index in [0.29, 0.717) is 50.6 Å². The molecule has 2 aliphatic rings. The Morgan fingerprint density at radius 1 is 1.10 bits per heavy atom. The molecule has 0 radical (unpaired) electrons. The van der Waals surface area contributed by atoms with E-state index >= 15 is 0 Å². The van der Waals surface area contributed by atoms with Gasteiger partial charge in [0.15, 0.2) is 0 Å². The number of amides is 1. The second-order valence-corrected chi connectivity index (χ2v) is 9.35. The maximum atomic E-state index is 13.0. The number of rotatable bonds is 6. The molecule has 0 N–H and O–H groups in total. The van der Waals surface area contributed by atoms with Crippen molar-refractivity contribution >= 4 is 21.6 Å². The highest BCUT2D eigenvalue weighted by Crippen LogP contribution is 2.30. The Hall–Kier alpha value is -2.42. The van der Waals surface area contributed by atoms with Crippen LogP contribution in [0.3, 0.4) is 0 Å². The molecule has 8 heteroatoms. The van der Waals surface area contributed by atoms with Crippen LogP contribution in [0.2, 0.25) is 0 Å². The van der Waals surface area contributed by atoms with Gasteiger partial charge in [-0.25, -0.2) is 8.42 Å². The molecule has 4 rings (SSSR count). The van der Waals surface area contributed by atoms with Crippen LogP contribution in [0.4, 0.5) is 5.69 Å². The van der Waals surface area contributed by atoms with E-state index in [2.05, 4.69) is 0 Å².